The second-order valence-electron chi connectivity index (χ2n) is 4.65. The second kappa shape index (κ2) is 5.24. The minimum absolute atomic E-state index is 0.228. The van der Waals surface area contributed by atoms with E-state index in [4.69, 9.17) is 10.2 Å². The Morgan fingerprint density at radius 1 is 1.24 bits per heavy atom. The van der Waals surface area contributed by atoms with Crippen LogP contribution in [0.15, 0.2) is 41.1 Å². The summed E-state index contributed by atoms with van der Waals surface area (Å²) in [5.74, 6) is 1.34. The lowest BCUT2D eigenvalue weighted by atomic mass is 10.1. The van der Waals surface area contributed by atoms with Crippen molar-refractivity contribution >= 4 is 22.5 Å². The van der Waals surface area contributed by atoms with Crippen molar-refractivity contribution in [2.45, 2.75) is 13.5 Å². The van der Waals surface area contributed by atoms with Crippen LogP contribution in [-0.4, -0.2) is 15.9 Å². The topological polar surface area (TPSA) is 94.0 Å². The molecular weight excluding hydrogens is 268 g/mol. The minimum Gasteiger partial charge on any atom is -0.444 e. The molecule has 0 aliphatic rings. The molecule has 3 N–H and O–H groups in total. The van der Waals surface area contributed by atoms with Crippen LogP contribution in [0.2, 0.25) is 0 Å². The standard InChI is InChI=1S/C15H14N4O2/c1-9-6-17-13(21-9)8-19-15(20)12-7-18-14(16)11-5-3-2-4-10(11)12/h2-7H,8H2,1H3,(H2,16,18)(H,19,20). The summed E-state index contributed by atoms with van der Waals surface area (Å²) in [5, 5.41) is 4.29. The van der Waals surface area contributed by atoms with Crippen LogP contribution in [0.1, 0.15) is 22.0 Å². The molecule has 6 nitrogen and oxygen atoms in total. The maximum absolute atomic E-state index is 12.3. The molecule has 0 radical (unpaired) electrons. The quantitative estimate of drug-likeness (QED) is 0.766. The number of aryl methyl sites for hydroxylation is 1. The van der Waals surface area contributed by atoms with Gasteiger partial charge in [-0.3, -0.25) is 4.79 Å². The van der Waals surface area contributed by atoms with Gasteiger partial charge >= 0.3 is 0 Å². The zero-order valence-corrected chi connectivity index (χ0v) is 11.5. The van der Waals surface area contributed by atoms with E-state index in [-0.39, 0.29) is 12.5 Å². The number of hydrogen-bond acceptors (Lipinski definition) is 5. The van der Waals surface area contributed by atoms with Gasteiger partial charge in [0.25, 0.3) is 5.91 Å². The fourth-order valence-electron chi connectivity index (χ4n) is 2.13. The summed E-state index contributed by atoms with van der Waals surface area (Å²) in [6, 6.07) is 7.40. The summed E-state index contributed by atoms with van der Waals surface area (Å²) in [6.45, 7) is 2.03. The molecule has 0 atom stereocenters. The highest BCUT2D eigenvalue weighted by atomic mass is 16.4. The third kappa shape index (κ3) is 2.55. The predicted molar refractivity (Wildman–Crippen MR) is 78.6 cm³/mol. The van der Waals surface area contributed by atoms with E-state index in [1.165, 1.54) is 6.20 Å². The maximum Gasteiger partial charge on any atom is 0.253 e. The normalized spacial score (nSPS) is 10.7. The highest BCUT2D eigenvalue weighted by Crippen LogP contribution is 2.22. The highest BCUT2D eigenvalue weighted by molar-refractivity contribution is 6.08. The van der Waals surface area contributed by atoms with Gasteiger partial charge in [-0.1, -0.05) is 24.3 Å². The summed E-state index contributed by atoms with van der Waals surface area (Å²) in [4.78, 5) is 20.4. The molecule has 0 saturated carbocycles. The third-order valence-corrected chi connectivity index (χ3v) is 3.14. The number of pyridine rings is 1. The number of rotatable bonds is 3. The van der Waals surface area contributed by atoms with E-state index in [1.807, 2.05) is 24.3 Å². The lowest BCUT2D eigenvalue weighted by Gasteiger charge is -2.08. The Labute approximate surface area is 121 Å². The summed E-state index contributed by atoms with van der Waals surface area (Å²) < 4.78 is 5.31. The summed E-state index contributed by atoms with van der Waals surface area (Å²) >= 11 is 0. The molecule has 106 valence electrons. The summed E-state index contributed by atoms with van der Waals surface area (Å²) in [5.41, 5.74) is 6.30. The second-order valence-corrected chi connectivity index (χ2v) is 4.65. The first-order valence-corrected chi connectivity index (χ1v) is 6.48. The first kappa shape index (κ1) is 13.1. The van der Waals surface area contributed by atoms with Gasteiger partial charge < -0.3 is 15.5 Å². The van der Waals surface area contributed by atoms with Gasteiger partial charge in [0.2, 0.25) is 5.89 Å². The van der Waals surface area contributed by atoms with Gasteiger partial charge in [0.1, 0.15) is 11.6 Å². The molecule has 0 aliphatic carbocycles. The van der Waals surface area contributed by atoms with Crippen LogP contribution in [0.25, 0.3) is 10.8 Å². The smallest absolute Gasteiger partial charge is 0.253 e. The zero-order chi connectivity index (χ0) is 14.8. The van der Waals surface area contributed by atoms with Gasteiger partial charge in [0.05, 0.1) is 18.3 Å². The number of amides is 1. The number of fused-ring (bicyclic) bond motifs is 1. The van der Waals surface area contributed by atoms with Crippen molar-refractivity contribution in [3.63, 3.8) is 0 Å². The van der Waals surface area contributed by atoms with Gasteiger partial charge in [0.15, 0.2) is 0 Å². The number of nitrogens with one attached hydrogen (secondary N) is 1. The average Bonchev–Trinajstić information content (AvgIpc) is 2.91. The first-order chi connectivity index (χ1) is 10.1. The van der Waals surface area contributed by atoms with Crippen molar-refractivity contribution in [2.75, 3.05) is 5.73 Å². The van der Waals surface area contributed by atoms with Crippen LogP contribution in [0.3, 0.4) is 0 Å². The Hall–Kier alpha value is -2.89. The Balaban J connectivity index is 1.86. The molecule has 3 aromatic rings. The third-order valence-electron chi connectivity index (χ3n) is 3.14. The number of aromatic nitrogens is 2. The average molecular weight is 282 g/mol. The van der Waals surface area contributed by atoms with Crippen LogP contribution in [-0.2, 0) is 6.54 Å². The van der Waals surface area contributed by atoms with Crippen molar-refractivity contribution in [1.29, 1.82) is 0 Å². The minimum atomic E-state index is -0.241. The fraction of sp³-hybridized carbons (Fsp3) is 0.133. The van der Waals surface area contributed by atoms with Gasteiger partial charge in [-0.05, 0) is 12.3 Å². The van der Waals surface area contributed by atoms with Crippen molar-refractivity contribution < 1.29 is 9.21 Å². The van der Waals surface area contributed by atoms with E-state index in [1.54, 1.807) is 13.1 Å². The van der Waals surface area contributed by atoms with Crippen molar-refractivity contribution in [1.82, 2.24) is 15.3 Å². The van der Waals surface area contributed by atoms with Gasteiger partial charge in [-0.2, -0.15) is 0 Å². The van der Waals surface area contributed by atoms with E-state index in [0.29, 0.717) is 23.0 Å². The number of carbonyl (C=O) groups is 1. The number of nitrogens with two attached hydrogens (primary N) is 1. The number of oxazole rings is 1. The molecule has 2 heterocycles. The Bertz CT molecular complexity index is 810. The highest BCUT2D eigenvalue weighted by Gasteiger charge is 2.13. The summed E-state index contributed by atoms with van der Waals surface area (Å²) in [6.07, 6.45) is 3.09. The van der Waals surface area contributed by atoms with Crippen molar-refractivity contribution in [3.05, 3.63) is 53.9 Å². The van der Waals surface area contributed by atoms with Gasteiger partial charge in [-0.25, -0.2) is 9.97 Å². The Morgan fingerprint density at radius 3 is 2.71 bits per heavy atom. The number of nitrogen functional groups attached to an aromatic ring is 1. The SMILES string of the molecule is Cc1cnc(CNC(=O)c2cnc(N)c3ccccc23)o1. The number of benzene rings is 1. The zero-order valence-electron chi connectivity index (χ0n) is 11.5. The molecule has 0 bridgehead atoms. The fourth-order valence-corrected chi connectivity index (χ4v) is 2.13. The molecule has 2 aromatic heterocycles. The van der Waals surface area contributed by atoms with E-state index in [0.717, 1.165) is 10.8 Å². The van der Waals surface area contributed by atoms with Crippen LogP contribution < -0.4 is 11.1 Å². The number of hydrogen-bond donors (Lipinski definition) is 2. The number of carbonyl (C=O) groups excluding carboxylic acids is 1. The monoisotopic (exact) mass is 282 g/mol. The molecule has 0 unspecified atom stereocenters. The number of anilines is 1. The lowest BCUT2D eigenvalue weighted by Crippen LogP contribution is -2.23. The van der Waals surface area contributed by atoms with Crippen LogP contribution in [0, 0.1) is 6.92 Å². The van der Waals surface area contributed by atoms with E-state index >= 15 is 0 Å². The van der Waals surface area contributed by atoms with Crippen LogP contribution in [0.5, 0.6) is 0 Å². The molecule has 0 fully saturated rings. The largest absolute Gasteiger partial charge is 0.444 e. The first-order valence-electron chi connectivity index (χ1n) is 6.48. The number of nitrogens with zero attached hydrogens (tertiary/aromatic N) is 2. The molecule has 6 heteroatoms. The molecule has 1 aromatic carbocycles. The van der Waals surface area contributed by atoms with Crippen molar-refractivity contribution in [3.8, 4) is 0 Å². The van der Waals surface area contributed by atoms with E-state index < -0.39 is 0 Å². The van der Waals surface area contributed by atoms with Gasteiger partial charge in [-0.15, -0.1) is 0 Å². The van der Waals surface area contributed by atoms with Crippen LogP contribution in [0.4, 0.5) is 5.82 Å². The Kier molecular flexibility index (Phi) is 3.27. The van der Waals surface area contributed by atoms with E-state index in [9.17, 15) is 4.79 Å². The van der Waals surface area contributed by atoms with Crippen molar-refractivity contribution in [2.24, 2.45) is 0 Å². The molecule has 1 amide bonds. The lowest BCUT2D eigenvalue weighted by molar-refractivity contribution is 0.0948. The predicted octanol–water partition coefficient (Wildman–Crippen LogP) is 2.04. The molecular formula is C15H14N4O2. The molecule has 3 rings (SSSR count). The Morgan fingerprint density at radius 2 is 2.00 bits per heavy atom. The maximum atomic E-state index is 12.3. The molecule has 0 spiro atoms. The van der Waals surface area contributed by atoms with Crippen LogP contribution >= 0.6 is 0 Å². The van der Waals surface area contributed by atoms with Gasteiger partial charge in [0, 0.05) is 11.6 Å². The summed E-state index contributed by atoms with van der Waals surface area (Å²) in [7, 11) is 0. The molecule has 0 saturated heterocycles. The molecule has 21 heavy (non-hydrogen) atoms. The molecule has 0 aliphatic heterocycles. The van der Waals surface area contributed by atoms with E-state index in [2.05, 4.69) is 15.3 Å².